The molecule has 0 unspecified atom stereocenters. The van der Waals surface area contributed by atoms with E-state index in [1.54, 1.807) is 6.07 Å². The summed E-state index contributed by atoms with van der Waals surface area (Å²) in [7, 11) is -3.72. The minimum Gasteiger partial charge on any atom is -0.490 e. The smallest absolute Gasteiger partial charge is 0.338 e. The van der Waals surface area contributed by atoms with Gasteiger partial charge in [-0.15, -0.1) is 0 Å². The van der Waals surface area contributed by atoms with Crippen LogP contribution >= 0.6 is 0 Å². The standard InChI is InChI=1S/C17H19NO5S/c1-12-3-8-16(13(2)11-12)17(19)23-10-9-22-14-4-6-15(7-5-14)24(18,20)21/h3-8,11H,9-10H2,1-2H3,(H2,18,20,21). The van der Waals surface area contributed by atoms with Crippen LogP contribution in [-0.4, -0.2) is 27.6 Å². The van der Waals surface area contributed by atoms with E-state index >= 15 is 0 Å². The van der Waals surface area contributed by atoms with Gasteiger partial charge in [0, 0.05) is 0 Å². The highest BCUT2D eigenvalue weighted by Crippen LogP contribution is 2.15. The second-order valence-corrected chi connectivity index (χ2v) is 6.88. The number of aryl methyl sites for hydroxylation is 2. The lowest BCUT2D eigenvalue weighted by Gasteiger charge is -2.09. The summed E-state index contributed by atoms with van der Waals surface area (Å²) in [6.07, 6.45) is 0. The van der Waals surface area contributed by atoms with Gasteiger partial charge < -0.3 is 9.47 Å². The van der Waals surface area contributed by atoms with Crippen LogP contribution in [0.3, 0.4) is 0 Å². The zero-order chi connectivity index (χ0) is 17.7. The lowest BCUT2D eigenvalue weighted by molar-refractivity contribution is 0.0449. The van der Waals surface area contributed by atoms with Gasteiger partial charge in [-0.1, -0.05) is 17.7 Å². The summed E-state index contributed by atoms with van der Waals surface area (Å²) in [6, 6.07) is 11.2. The van der Waals surface area contributed by atoms with Gasteiger partial charge in [0.25, 0.3) is 0 Å². The van der Waals surface area contributed by atoms with Crippen molar-refractivity contribution in [1.82, 2.24) is 0 Å². The van der Waals surface area contributed by atoms with Crippen molar-refractivity contribution in [2.45, 2.75) is 18.7 Å². The van der Waals surface area contributed by atoms with Crippen LogP contribution in [-0.2, 0) is 14.8 Å². The van der Waals surface area contributed by atoms with E-state index < -0.39 is 16.0 Å². The van der Waals surface area contributed by atoms with Gasteiger partial charge in [0.15, 0.2) is 0 Å². The fourth-order valence-corrected chi connectivity index (χ4v) is 2.66. The second-order valence-electron chi connectivity index (χ2n) is 5.32. The van der Waals surface area contributed by atoms with E-state index in [2.05, 4.69) is 0 Å². The molecule has 0 aliphatic carbocycles. The highest BCUT2D eigenvalue weighted by atomic mass is 32.2. The van der Waals surface area contributed by atoms with Gasteiger partial charge in [-0.3, -0.25) is 0 Å². The molecule has 2 aromatic carbocycles. The molecule has 0 fully saturated rings. The van der Waals surface area contributed by atoms with Gasteiger partial charge in [0.05, 0.1) is 10.5 Å². The molecule has 0 aliphatic heterocycles. The molecule has 0 aliphatic rings. The number of primary sulfonamides is 1. The molecule has 0 atom stereocenters. The number of sulfonamides is 1. The van der Waals surface area contributed by atoms with E-state index in [4.69, 9.17) is 14.6 Å². The largest absolute Gasteiger partial charge is 0.490 e. The maximum atomic E-state index is 12.0. The summed E-state index contributed by atoms with van der Waals surface area (Å²) >= 11 is 0. The summed E-state index contributed by atoms with van der Waals surface area (Å²) < 4.78 is 32.8. The molecule has 6 nitrogen and oxygen atoms in total. The third-order valence-corrected chi connectivity index (χ3v) is 4.27. The van der Waals surface area contributed by atoms with Gasteiger partial charge in [-0.25, -0.2) is 18.4 Å². The van der Waals surface area contributed by atoms with Crippen LogP contribution < -0.4 is 9.88 Å². The highest BCUT2D eigenvalue weighted by molar-refractivity contribution is 7.89. The highest BCUT2D eigenvalue weighted by Gasteiger charge is 2.10. The van der Waals surface area contributed by atoms with E-state index in [9.17, 15) is 13.2 Å². The normalized spacial score (nSPS) is 11.1. The van der Waals surface area contributed by atoms with Crippen LogP contribution in [0, 0.1) is 13.8 Å². The number of hydrogen-bond acceptors (Lipinski definition) is 5. The first-order valence-corrected chi connectivity index (χ1v) is 8.82. The molecule has 2 aromatic rings. The van der Waals surface area contributed by atoms with Crippen molar-refractivity contribution in [1.29, 1.82) is 0 Å². The summed E-state index contributed by atoms with van der Waals surface area (Å²) in [6.45, 7) is 4.05. The van der Waals surface area contributed by atoms with Crippen molar-refractivity contribution in [3.63, 3.8) is 0 Å². The zero-order valence-corrected chi connectivity index (χ0v) is 14.3. The molecule has 0 heterocycles. The molecule has 0 bridgehead atoms. The SMILES string of the molecule is Cc1ccc(C(=O)OCCOc2ccc(S(N)(=O)=O)cc2)c(C)c1. The van der Waals surface area contributed by atoms with Crippen molar-refractivity contribution >= 4 is 16.0 Å². The van der Waals surface area contributed by atoms with Crippen molar-refractivity contribution in [3.05, 3.63) is 59.2 Å². The Balaban J connectivity index is 1.83. The van der Waals surface area contributed by atoms with Gasteiger partial charge in [-0.05, 0) is 49.7 Å². The molecule has 0 spiro atoms. The van der Waals surface area contributed by atoms with Crippen molar-refractivity contribution in [3.8, 4) is 5.75 Å². The van der Waals surface area contributed by atoms with E-state index in [0.717, 1.165) is 11.1 Å². The van der Waals surface area contributed by atoms with E-state index in [1.807, 2.05) is 26.0 Å². The van der Waals surface area contributed by atoms with Crippen LogP contribution in [0.5, 0.6) is 5.75 Å². The number of ether oxygens (including phenoxy) is 2. The molecule has 0 aromatic heterocycles. The van der Waals surface area contributed by atoms with Crippen LogP contribution in [0.1, 0.15) is 21.5 Å². The molecule has 128 valence electrons. The number of hydrogen-bond donors (Lipinski definition) is 1. The number of carbonyl (C=O) groups is 1. The number of esters is 1. The third kappa shape index (κ3) is 4.81. The first-order chi connectivity index (χ1) is 11.3. The average Bonchev–Trinajstić information content (AvgIpc) is 2.51. The van der Waals surface area contributed by atoms with Gasteiger partial charge in [-0.2, -0.15) is 0 Å². The molecular formula is C17H19NO5S. The first-order valence-electron chi connectivity index (χ1n) is 7.27. The summed E-state index contributed by atoms with van der Waals surface area (Å²) in [5, 5.41) is 5.01. The predicted octanol–water partition coefficient (Wildman–Crippen LogP) is 2.19. The average molecular weight is 349 g/mol. The van der Waals surface area contributed by atoms with Crippen LogP contribution in [0.25, 0.3) is 0 Å². The Bertz CT molecular complexity index is 829. The zero-order valence-electron chi connectivity index (χ0n) is 13.5. The molecule has 0 radical (unpaired) electrons. The lowest BCUT2D eigenvalue weighted by atomic mass is 10.1. The monoisotopic (exact) mass is 349 g/mol. The number of benzene rings is 2. The fourth-order valence-electron chi connectivity index (χ4n) is 2.14. The van der Waals surface area contributed by atoms with Crippen LogP contribution in [0.15, 0.2) is 47.4 Å². The topological polar surface area (TPSA) is 95.7 Å². The molecule has 2 rings (SSSR count). The number of carbonyl (C=O) groups excluding carboxylic acids is 1. The molecule has 0 amide bonds. The Morgan fingerprint density at radius 1 is 1.04 bits per heavy atom. The van der Waals surface area contributed by atoms with Crippen molar-refractivity contribution in [2.75, 3.05) is 13.2 Å². The second kappa shape index (κ2) is 7.46. The molecule has 2 N–H and O–H groups in total. The van der Waals surface area contributed by atoms with Gasteiger partial charge in [0.1, 0.15) is 19.0 Å². The van der Waals surface area contributed by atoms with Crippen LogP contribution in [0.4, 0.5) is 0 Å². The quantitative estimate of drug-likeness (QED) is 0.637. The summed E-state index contributed by atoms with van der Waals surface area (Å²) in [5.41, 5.74) is 2.47. The Hall–Kier alpha value is -2.38. The van der Waals surface area contributed by atoms with Gasteiger partial charge >= 0.3 is 5.97 Å². The maximum Gasteiger partial charge on any atom is 0.338 e. The maximum absolute atomic E-state index is 12.0. The Morgan fingerprint density at radius 3 is 2.29 bits per heavy atom. The van der Waals surface area contributed by atoms with E-state index in [0.29, 0.717) is 11.3 Å². The number of nitrogens with two attached hydrogens (primary N) is 1. The molecule has 7 heteroatoms. The predicted molar refractivity (Wildman–Crippen MR) is 89.5 cm³/mol. The van der Waals surface area contributed by atoms with Crippen molar-refractivity contribution in [2.24, 2.45) is 5.14 Å². The minimum absolute atomic E-state index is 0.0103. The molecule has 24 heavy (non-hydrogen) atoms. The minimum atomic E-state index is -3.72. The lowest BCUT2D eigenvalue weighted by Crippen LogP contribution is -2.14. The van der Waals surface area contributed by atoms with Crippen LogP contribution in [0.2, 0.25) is 0 Å². The van der Waals surface area contributed by atoms with E-state index in [1.165, 1.54) is 24.3 Å². The molecule has 0 saturated heterocycles. The fraction of sp³-hybridized carbons (Fsp3) is 0.235. The Labute approximate surface area is 141 Å². The Morgan fingerprint density at radius 2 is 1.71 bits per heavy atom. The molecule has 0 saturated carbocycles. The number of rotatable bonds is 6. The first kappa shape index (κ1) is 18.0. The third-order valence-electron chi connectivity index (χ3n) is 3.34. The van der Waals surface area contributed by atoms with Gasteiger partial charge in [0.2, 0.25) is 10.0 Å². The summed E-state index contributed by atoms with van der Waals surface area (Å²) in [4.78, 5) is 12.0. The molecular weight excluding hydrogens is 330 g/mol. The summed E-state index contributed by atoms with van der Waals surface area (Å²) in [5.74, 6) is 0.0608. The van der Waals surface area contributed by atoms with Crippen molar-refractivity contribution < 1.29 is 22.7 Å². The van der Waals surface area contributed by atoms with E-state index in [-0.39, 0.29) is 18.1 Å². The Kier molecular flexibility index (Phi) is 5.58.